The topological polar surface area (TPSA) is 41.1 Å². The first-order chi connectivity index (χ1) is 10.8. The first kappa shape index (κ1) is 14.3. The van der Waals surface area contributed by atoms with Gasteiger partial charge < -0.3 is 10.6 Å². The molecule has 2 atom stereocenters. The predicted molar refractivity (Wildman–Crippen MR) is 88.1 cm³/mol. The van der Waals surface area contributed by atoms with Crippen LogP contribution in [0.15, 0.2) is 18.2 Å². The van der Waals surface area contributed by atoms with Crippen molar-refractivity contribution in [1.82, 2.24) is 10.6 Å². The van der Waals surface area contributed by atoms with Crippen LogP contribution in [-0.2, 0) is 12.8 Å². The molecule has 0 aliphatic heterocycles. The van der Waals surface area contributed by atoms with Crippen LogP contribution < -0.4 is 10.6 Å². The molecule has 0 saturated heterocycles. The van der Waals surface area contributed by atoms with Gasteiger partial charge >= 0.3 is 0 Å². The van der Waals surface area contributed by atoms with E-state index >= 15 is 0 Å². The minimum absolute atomic E-state index is 0.109. The van der Waals surface area contributed by atoms with Crippen molar-refractivity contribution in [3.8, 4) is 0 Å². The average Bonchev–Trinajstić information content (AvgIpc) is 3.19. The Kier molecular flexibility index (Phi) is 3.91. The van der Waals surface area contributed by atoms with Gasteiger partial charge in [0, 0.05) is 23.7 Å². The van der Waals surface area contributed by atoms with Crippen LogP contribution in [0.5, 0.6) is 0 Å². The summed E-state index contributed by atoms with van der Waals surface area (Å²) in [7, 11) is 0. The molecule has 3 aliphatic carbocycles. The molecule has 4 rings (SSSR count). The Morgan fingerprint density at radius 3 is 2.45 bits per heavy atom. The first-order valence-corrected chi connectivity index (χ1v) is 8.98. The molecular weight excluding hydrogens is 272 g/mol. The smallest absolute Gasteiger partial charge is 0.251 e. The second-order valence-corrected chi connectivity index (χ2v) is 7.25. The Labute approximate surface area is 132 Å². The van der Waals surface area contributed by atoms with E-state index in [0.717, 1.165) is 18.4 Å². The van der Waals surface area contributed by atoms with Crippen molar-refractivity contribution < 1.29 is 4.79 Å². The van der Waals surface area contributed by atoms with E-state index in [1.165, 1.54) is 56.1 Å². The summed E-state index contributed by atoms with van der Waals surface area (Å²) in [6, 6.07) is 7.74. The maximum Gasteiger partial charge on any atom is 0.251 e. The lowest BCUT2D eigenvalue weighted by Crippen LogP contribution is -2.58. The Bertz CT molecular complexity index is 563. The summed E-state index contributed by atoms with van der Waals surface area (Å²) >= 11 is 0. The summed E-state index contributed by atoms with van der Waals surface area (Å²) < 4.78 is 0. The highest BCUT2D eigenvalue weighted by molar-refractivity contribution is 5.94. The lowest BCUT2D eigenvalue weighted by atomic mass is 9.85. The molecule has 0 spiro atoms. The molecule has 3 heteroatoms. The molecule has 1 aromatic rings. The molecule has 3 nitrogen and oxygen atoms in total. The van der Waals surface area contributed by atoms with Crippen LogP contribution in [0, 0.1) is 0 Å². The molecule has 0 bridgehead atoms. The molecule has 2 unspecified atom stereocenters. The zero-order valence-corrected chi connectivity index (χ0v) is 13.2. The highest BCUT2D eigenvalue weighted by Crippen LogP contribution is 2.26. The van der Waals surface area contributed by atoms with Gasteiger partial charge in [0.1, 0.15) is 0 Å². The largest absolute Gasteiger partial charge is 0.348 e. The van der Waals surface area contributed by atoms with E-state index in [-0.39, 0.29) is 5.91 Å². The average molecular weight is 298 g/mol. The SMILES string of the molecule is O=C(NC1CCC1NC1CCCC1)c1ccc2c(c1)CCC2. The van der Waals surface area contributed by atoms with Crippen LogP contribution in [0.3, 0.4) is 0 Å². The van der Waals surface area contributed by atoms with Crippen LogP contribution in [0.25, 0.3) is 0 Å². The van der Waals surface area contributed by atoms with E-state index in [1.54, 1.807) is 0 Å². The highest BCUT2D eigenvalue weighted by Gasteiger charge is 2.34. The number of aryl methyl sites for hydroxylation is 2. The number of carbonyl (C=O) groups is 1. The molecule has 118 valence electrons. The van der Waals surface area contributed by atoms with E-state index in [1.807, 2.05) is 6.07 Å². The number of amides is 1. The molecule has 1 amide bonds. The van der Waals surface area contributed by atoms with Gasteiger partial charge in [-0.1, -0.05) is 18.9 Å². The van der Waals surface area contributed by atoms with Gasteiger partial charge in [-0.05, 0) is 68.2 Å². The van der Waals surface area contributed by atoms with Gasteiger partial charge in [-0.2, -0.15) is 0 Å². The number of fused-ring (bicyclic) bond motifs is 1. The molecule has 22 heavy (non-hydrogen) atoms. The molecule has 1 aromatic carbocycles. The van der Waals surface area contributed by atoms with Gasteiger partial charge in [-0.3, -0.25) is 4.79 Å². The first-order valence-electron chi connectivity index (χ1n) is 8.98. The molecule has 0 aromatic heterocycles. The second-order valence-electron chi connectivity index (χ2n) is 7.25. The summed E-state index contributed by atoms with van der Waals surface area (Å²) in [5.41, 5.74) is 3.65. The monoisotopic (exact) mass is 298 g/mol. The number of benzene rings is 1. The van der Waals surface area contributed by atoms with Crippen molar-refractivity contribution in [3.05, 3.63) is 34.9 Å². The van der Waals surface area contributed by atoms with E-state index in [0.29, 0.717) is 18.1 Å². The maximum atomic E-state index is 12.5. The number of hydrogen-bond donors (Lipinski definition) is 2. The summed E-state index contributed by atoms with van der Waals surface area (Å²) in [6.07, 6.45) is 11.2. The van der Waals surface area contributed by atoms with Crippen LogP contribution >= 0.6 is 0 Å². The van der Waals surface area contributed by atoms with Gasteiger partial charge in [-0.15, -0.1) is 0 Å². The summed E-state index contributed by atoms with van der Waals surface area (Å²) in [5.74, 6) is 0.109. The standard InChI is InChI=1S/C19H26N2O/c22-19(15-9-8-13-4-3-5-14(13)12-15)21-18-11-10-17(18)20-16-6-1-2-7-16/h8-9,12,16-18,20H,1-7,10-11H2,(H,21,22). The molecular formula is C19H26N2O. The third kappa shape index (κ3) is 2.79. The van der Waals surface area contributed by atoms with Gasteiger partial charge in [0.15, 0.2) is 0 Å². The number of rotatable bonds is 4. The number of carbonyl (C=O) groups excluding carboxylic acids is 1. The van der Waals surface area contributed by atoms with Crippen LogP contribution in [0.2, 0.25) is 0 Å². The minimum atomic E-state index is 0.109. The highest BCUT2D eigenvalue weighted by atomic mass is 16.1. The van der Waals surface area contributed by atoms with Crippen LogP contribution in [-0.4, -0.2) is 24.0 Å². The van der Waals surface area contributed by atoms with Crippen molar-refractivity contribution >= 4 is 5.91 Å². The maximum absolute atomic E-state index is 12.5. The van der Waals surface area contributed by atoms with E-state index in [2.05, 4.69) is 22.8 Å². The Hall–Kier alpha value is -1.35. The fourth-order valence-corrected chi connectivity index (χ4v) is 4.23. The van der Waals surface area contributed by atoms with Crippen LogP contribution in [0.1, 0.15) is 66.4 Å². The Morgan fingerprint density at radius 1 is 0.909 bits per heavy atom. The van der Waals surface area contributed by atoms with Crippen molar-refractivity contribution in [3.63, 3.8) is 0 Å². The Balaban J connectivity index is 1.35. The molecule has 3 aliphatic rings. The molecule has 0 radical (unpaired) electrons. The number of nitrogens with one attached hydrogen (secondary N) is 2. The number of hydrogen-bond acceptors (Lipinski definition) is 2. The van der Waals surface area contributed by atoms with Crippen molar-refractivity contribution in [1.29, 1.82) is 0 Å². The molecule has 0 heterocycles. The lowest BCUT2D eigenvalue weighted by Gasteiger charge is -2.39. The van der Waals surface area contributed by atoms with Gasteiger partial charge in [0.2, 0.25) is 0 Å². The molecule has 2 saturated carbocycles. The van der Waals surface area contributed by atoms with E-state index < -0.39 is 0 Å². The quantitative estimate of drug-likeness (QED) is 0.897. The van der Waals surface area contributed by atoms with Crippen LogP contribution in [0.4, 0.5) is 0 Å². The van der Waals surface area contributed by atoms with E-state index in [9.17, 15) is 4.79 Å². The molecule has 2 N–H and O–H groups in total. The normalized spacial score (nSPS) is 27.5. The summed E-state index contributed by atoms with van der Waals surface area (Å²) in [6.45, 7) is 0. The van der Waals surface area contributed by atoms with E-state index in [4.69, 9.17) is 0 Å². The third-order valence-corrected chi connectivity index (χ3v) is 5.76. The third-order valence-electron chi connectivity index (χ3n) is 5.76. The fourth-order valence-electron chi connectivity index (χ4n) is 4.23. The Morgan fingerprint density at radius 2 is 1.68 bits per heavy atom. The molecule has 2 fully saturated rings. The zero-order valence-electron chi connectivity index (χ0n) is 13.2. The predicted octanol–water partition coefficient (Wildman–Crippen LogP) is 2.97. The fraction of sp³-hybridized carbons (Fsp3) is 0.632. The lowest BCUT2D eigenvalue weighted by molar-refractivity contribution is 0.0889. The summed E-state index contributed by atoms with van der Waals surface area (Å²) in [5, 5.41) is 7.00. The minimum Gasteiger partial charge on any atom is -0.348 e. The van der Waals surface area contributed by atoms with Gasteiger partial charge in [0.25, 0.3) is 5.91 Å². The summed E-state index contributed by atoms with van der Waals surface area (Å²) in [4.78, 5) is 12.5. The van der Waals surface area contributed by atoms with Crippen molar-refractivity contribution in [2.75, 3.05) is 0 Å². The second kappa shape index (κ2) is 6.04. The van der Waals surface area contributed by atoms with Crippen molar-refractivity contribution in [2.24, 2.45) is 0 Å². The van der Waals surface area contributed by atoms with Gasteiger partial charge in [0.05, 0.1) is 0 Å². The van der Waals surface area contributed by atoms with Gasteiger partial charge in [-0.25, -0.2) is 0 Å². The zero-order chi connectivity index (χ0) is 14.9. The van der Waals surface area contributed by atoms with Crippen molar-refractivity contribution in [2.45, 2.75) is 75.9 Å².